The van der Waals surface area contributed by atoms with E-state index in [1.165, 1.54) is 29.2 Å². The van der Waals surface area contributed by atoms with Gasteiger partial charge in [-0.1, -0.05) is 30.3 Å². The average Bonchev–Trinajstić information content (AvgIpc) is 2.72. The molecule has 1 saturated heterocycles. The van der Waals surface area contributed by atoms with Crippen molar-refractivity contribution in [3.05, 3.63) is 71.5 Å². The minimum absolute atomic E-state index is 0.0553. The van der Waals surface area contributed by atoms with Crippen molar-refractivity contribution in [3.63, 3.8) is 0 Å². The van der Waals surface area contributed by atoms with E-state index in [1.54, 1.807) is 25.1 Å². The van der Waals surface area contributed by atoms with Gasteiger partial charge in [-0.05, 0) is 49.6 Å². The molecule has 30 heavy (non-hydrogen) atoms. The summed E-state index contributed by atoms with van der Waals surface area (Å²) in [5, 5.41) is 8.80. The summed E-state index contributed by atoms with van der Waals surface area (Å²) in [5.41, 5.74) is -0.0810. The van der Waals surface area contributed by atoms with Crippen LogP contribution in [0, 0.1) is 5.82 Å². The fraction of sp³-hybridized carbons (Fsp3) is 0.409. The van der Waals surface area contributed by atoms with Gasteiger partial charge in [-0.25, -0.2) is 9.18 Å². The van der Waals surface area contributed by atoms with E-state index in [4.69, 9.17) is 9.84 Å². The Morgan fingerprint density at radius 1 is 1.13 bits per heavy atom. The van der Waals surface area contributed by atoms with E-state index >= 15 is 0 Å². The SMILES string of the molecule is CC(c1ccc(C(F)(F)F)cc1)N1CCC(CCCO)OC1=O.Fc1ccccc1. The quantitative estimate of drug-likeness (QED) is 0.634. The number of aliphatic hydroxyl groups is 1. The molecule has 1 aliphatic heterocycles. The molecule has 2 atom stereocenters. The van der Waals surface area contributed by atoms with Gasteiger partial charge in [0, 0.05) is 19.6 Å². The van der Waals surface area contributed by atoms with Gasteiger partial charge in [0.1, 0.15) is 11.9 Å². The maximum absolute atomic E-state index is 12.6. The second-order valence-corrected chi connectivity index (χ2v) is 6.94. The van der Waals surface area contributed by atoms with Gasteiger partial charge >= 0.3 is 12.3 Å². The van der Waals surface area contributed by atoms with Crippen LogP contribution in [0.15, 0.2) is 54.6 Å². The summed E-state index contributed by atoms with van der Waals surface area (Å²) in [6.07, 6.45) is -3.20. The molecule has 1 heterocycles. The standard InChI is InChI=1S/C16H20F3NO3.C6H5F/c1-11(12-4-6-13(7-5-12)16(17,18)19)20-9-8-14(3-2-10-21)23-15(20)22;7-6-4-2-1-3-5-6/h4-7,11,14,21H,2-3,8-10H2,1H3;1-5H. The maximum atomic E-state index is 12.6. The number of aliphatic hydroxyl groups excluding tert-OH is 1. The van der Waals surface area contributed by atoms with Crippen LogP contribution in [0.5, 0.6) is 0 Å². The summed E-state index contributed by atoms with van der Waals surface area (Å²) in [6.45, 7) is 2.30. The van der Waals surface area contributed by atoms with Gasteiger partial charge in [0.25, 0.3) is 0 Å². The molecule has 0 radical (unpaired) electrons. The summed E-state index contributed by atoms with van der Waals surface area (Å²) >= 11 is 0. The molecule has 3 rings (SSSR count). The fourth-order valence-electron chi connectivity index (χ4n) is 3.06. The Morgan fingerprint density at radius 2 is 1.77 bits per heavy atom. The zero-order valence-electron chi connectivity index (χ0n) is 16.6. The van der Waals surface area contributed by atoms with E-state index in [-0.39, 0.29) is 24.6 Å². The Bertz CT molecular complexity index is 781. The van der Waals surface area contributed by atoms with Crippen molar-refractivity contribution in [2.24, 2.45) is 0 Å². The summed E-state index contributed by atoms with van der Waals surface area (Å²) in [5.74, 6) is -0.178. The second kappa shape index (κ2) is 11.0. The van der Waals surface area contributed by atoms with Gasteiger partial charge in [-0.3, -0.25) is 0 Å². The highest BCUT2D eigenvalue weighted by atomic mass is 19.4. The number of rotatable bonds is 5. The van der Waals surface area contributed by atoms with Crippen molar-refractivity contribution in [3.8, 4) is 0 Å². The van der Waals surface area contributed by atoms with Crippen LogP contribution in [0.1, 0.15) is 43.4 Å². The predicted octanol–water partition coefficient (Wildman–Crippen LogP) is 5.58. The molecule has 2 aromatic rings. The smallest absolute Gasteiger partial charge is 0.416 e. The number of nitrogens with zero attached hydrogens (tertiary/aromatic N) is 1. The molecule has 0 bridgehead atoms. The number of carbonyl (C=O) groups excluding carboxylic acids is 1. The van der Waals surface area contributed by atoms with Crippen LogP contribution < -0.4 is 0 Å². The molecule has 0 saturated carbocycles. The Balaban J connectivity index is 0.000000386. The largest absolute Gasteiger partial charge is 0.446 e. The highest BCUT2D eigenvalue weighted by Crippen LogP contribution is 2.31. The van der Waals surface area contributed by atoms with Crippen molar-refractivity contribution in [2.75, 3.05) is 13.2 Å². The number of carbonyl (C=O) groups is 1. The number of halogens is 4. The second-order valence-electron chi connectivity index (χ2n) is 6.94. The molecular formula is C22H25F4NO3. The molecular weight excluding hydrogens is 402 g/mol. The lowest BCUT2D eigenvalue weighted by Crippen LogP contribution is -2.43. The molecule has 0 aliphatic carbocycles. The zero-order chi connectivity index (χ0) is 22.1. The fourth-order valence-corrected chi connectivity index (χ4v) is 3.06. The molecule has 2 aromatic carbocycles. The number of alkyl halides is 3. The molecule has 4 nitrogen and oxygen atoms in total. The van der Waals surface area contributed by atoms with Crippen molar-refractivity contribution >= 4 is 6.09 Å². The molecule has 8 heteroatoms. The number of hydrogen-bond acceptors (Lipinski definition) is 3. The first-order chi connectivity index (χ1) is 14.2. The third-order valence-electron chi connectivity index (χ3n) is 4.80. The van der Waals surface area contributed by atoms with Gasteiger partial charge in [-0.2, -0.15) is 13.2 Å². The van der Waals surface area contributed by atoms with E-state index in [1.807, 2.05) is 0 Å². The van der Waals surface area contributed by atoms with Crippen LogP contribution in [0.3, 0.4) is 0 Å². The van der Waals surface area contributed by atoms with Gasteiger partial charge in [0.2, 0.25) is 0 Å². The number of amides is 1. The minimum Gasteiger partial charge on any atom is -0.446 e. The van der Waals surface area contributed by atoms with Crippen LogP contribution in [-0.2, 0) is 10.9 Å². The van der Waals surface area contributed by atoms with E-state index in [2.05, 4.69) is 0 Å². The Morgan fingerprint density at radius 3 is 2.23 bits per heavy atom. The van der Waals surface area contributed by atoms with Crippen LogP contribution in [0.25, 0.3) is 0 Å². The van der Waals surface area contributed by atoms with Gasteiger partial charge < -0.3 is 14.7 Å². The van der Waals surface area contributed by atoms with E-state index in [9.17, 15) is 22.4 Å². The van der Waals surface area contributed by atoms with Gasteiger partial charge in [0.05, 0.1) is 11.6 Å². The summed E-state index contributed by atoms with van der Waals surface area (Å²) in [6, 6.07) is 12.4. The molecule has 1 amide bonds. The van der Waals surface area contributed by atoms with Gasteiger partial charge in [-0.15, -0.1) is 0 Å². The predicted molar refractivity (Wildman–Crippen MR) is 104 cm³/mol. The Kier molecular flexibility index (Phi) is 8.65. The van der Waals surface area contributed by atoms with E-state index in [0.29, 0.717) is 31.4 Å². The normalized spacial score (nSPS) is 17.6. The first-order valence-corrected chi connectivity index (χ1v) is 9.68. The molecule has 1 fully saturated rings. The van der Waals surface area contributed by atoms with Crippen molar-refractivity contribution < 1.29 is 32.2 Å². The van der Waals surface area contributed by atoms with Crippen molar-refractivity contribution in [1.82, 2.24) is 4.90 Å². The topological polar surface area (TPSA) is 49.8 Å². The Labute approximate surface area is 173 Å². The number of cyclic esters (lactones) is 1. The lowest BCUT2D eigenvalue weighted by atomic mass is 10.0. The van der Waals surface area contributed by atoms with E-state index < -0.39 is 17.8 Å². The molecule has 1 N–H and O–H groups in total. The van der Waals surface area contributed by atoms with Crippen LogP contribution in [0.4, 0.5) is 22.4 Å². The lowest BCUT2D eigenvalue weighted by Gasteiger charge is -2.35. The molecule has 1 aliphatic rings. The average molecular weight is 427 g/mol. The highest BCUT2D eigenvalue weighted by molar-refractivity contribution is 5.69. The number of benzene rings is 2. The van der Waals surface area contributed by atoms with Crippen LogP contribution in [0.2, 0.25) is 0 Å². The first kappa shape index (κ1) is 23.7. The third kappa shape index (κ3) is 7.02. The minimum atomic E-state index is -4.37. The number of ether oxygens (including phenoxy) is 1. The Hall–Kier alpha value is -2.61. The first-order valence-electron chi connectivity index (χ1n) is 9.68. The molecule has 164 valence electrons. The summed E-state index contributed by atoms with van der Waals surface area (Å²) < 4.78 is 55.0. The summed E-state index contributed by atoms with van der Waals surface area (Å²) in [4.78, 5) is 13.6. The van der Waals surface area contributed by atoms with Crippen LogP contribution >= 0.6 is 0 Å². The highest BCUT2D eigenvalue weighted by Gasteiger charge is 2.32. The molecule has 2 unspecified atom stereocenters. The number of hydrogen-bond donors (Lipinski definition) is 1. The summed E-state index contributed by atoms with van der Waals surface area (Å²) in [7, 11) is 0. The van der Waals surface area contributed by atoms with E-state index in [0.717, 1.165) is 12.1 Å². The van der Waals surface area contributed by atoms with Crippen molar-refractivity contribution in [1.29, 1.82) is 0 Å². The lowest BCUT2D eigenvalue weighted by molar-refractivity contribution is -0.137. The zero-order valence-corrected chi connectivity index (χ0v) is 16.6. The molecule has 0 aromatic heterocycles. The maximum Gasteiger partial charge on any atom is 0.416 e. The van der Waals surface area contributed by atoms with Gasteiger partial charge in [0.15, 0.2) is 0 Å². The molecule has 0 spiro atoms. The van der Waals surface area contributed by atoms with Crippen LogP contribution in [-0.4, -0.2) is 35.4 Å². The van der Waals surface area contributed by atoms with Crippen molar-refractivity contribution in [2.45, 2.75) is 44.5 Å². The third-order valence-corrected chi connectivity index (χ3v) is 4.80. The monoisotopic (exact) mass is 427 g/mol.